The minimum atomic E-state index is -3.32. The molecule has 0 aromatic carbocycles. The van der Waals surface area contributed by atoms with Crippen LogP contribution in [0, 0.1) is 11.8 Å². The van der Waals surface area contributed by atoms with Crippen LogP contribution in [0.2, 0.25) is 0 Å². The summed E-state index contributed by atoms with van der Waals surface area (Å²) in [5.41, 5.74) is 0. The predicted octanol–water partition coefficient (Wildman–Crippen LogP) is 1.55. The number of piperidine rings is 1. The molecule has 5 nitrogen and oxygen atoms in total. The van der Waals surface area contributed by atoms with E-state index >= 15 is 0 Å². The molecular weight excluding hydrogens is 276 g/mol. The zero-order valence-corrected chi connectivity index (χ0v) is 13.9. The van der Waals surface area contributed by atoms with Crippen LogP contribution in [0.25, 0.3) is 0 Å². The number of amides is 1. The van der Waals surface area contributed by atoms with E-state index in [9.17, 15) is 13.2 Å². The van der Waals surface area contributed by atoms with Gasteiger partial charge in [-0.15, -0.1) is 0 Å². The first-order valence-electron chi connectivity index (χ1n) is 7.43. The van der Waals surface area contributed by atoms with Crippen molar-refractivity contribution in [2.45, 2.75) is 40.0 Å². The first-order chi connectivity index (χ1) is 9.20. The van der Waals surface area contributed by atoms with Gasteiger partial charge in [0, 0.05) is 19.6 Å². The van der Waals surface area contributed by atoms with Crippen LogP contribution in [-0.4, -0.2) is 56.0 Å². The monoisotopic (exact) mass is 304 g/mol. The van der Waals surface area contributed by atoms with E-state index in [1.54, 1.807) is 4.90 Å². The topological polar surface area (TPSA) is 57.7 Å². The quantitative estimate of drug-likeness (QED) is 0.748. The standard InChI is InChI=1S/C14H28N2O3S/c1-12(2)5-10-16(20(4,18)19)11-14(17)15-8-6-13(3)7-9-15/h12-13H,5-11H2,1-4H3. The van der Waals surface area contributed by atoms with E-state index in [4.69, 9.17) is 0 Å². The molecule has 20 heavy (non-hydrogen) atoms. The number of likely N-dealkylation sites (tertiary alicyclic amines) is 1. The lowest BCUT2D eigenvalue weighted by Gasteiger charge is -2.32. The Hall–Kier alpha value is -0.620. The van der Waals surface area contributed by atoms with Crippen LogP contribution >= 0.6 is 0 Å². The molecule has 0 bridgehead atoms. The molecule has 0 aliphatic carbocycles. The van der Waals surface area contributed by atoms with Gasteiger partial charge >= 0.3 is 0 Å². The lowest BCUT2D eigenvalue weighted by molar-refractivity contribution is -0.132. The van der Waals surface area contributed by atoms with E-state index in [1.165, 1.54) is 10.6 Å². The van der Waals surface area contributed by atoms with Crippen LogP contribution in [0.4, 0.5) is 0 Å². The fourth-order valence-electron chi connectivity index (χ4n) is 2.27. The molecule has 6 heteroatoms. The number of carbonyl (C=O) groups excluding carboxylic acids is 1. The van der Waals surface area contributed by atoms with Gasteiger partial charge in [-0.25, -0.2) is 8.42 Å². The molecule has 1 fully saturated rings. The lowest BCUT2D eigenvalue weighted by Crippen LogP contribution is -2.45. The number of sulfonamides is 1. The molecule has 0 spiro atoms. The summed E-state index contributed by atoms with van der Waals surface area (Å²) in [7, 11) is -3.32. The Bertz CT molecular complexity index is 412. The van der Waals surface area contributed by atoms with Crippen molar-refractivity contribution in [1.82, 2.24) is 9.21 Å². The van der Waals surface area contributed by atoms with E-state index < -0.39 is 10.0 Å². The maximum Gasteiger partial charge on any atom is 0.237 e. The summed E-state index contributed by atoms with van der Waals surface area (Å²) in [5.74, 6) is 1.02. The van der Waals surface area contributed by atoms with Crippen molar-refractivity contribution >= 4 is 15.9 Å². The zero-order valence-electron chi connectivity index (χ0n) is 13.1. The number of carbonyl (C=O) groups is 1. The van der Waals surface area contributed by atoms with Gasteiger partial charge in [0.05, 0.1) is 12.8 Å². The predicted molar refractivity (Wildman–Crippen MR) is 80.8 cm³/mol. The average Bonchev–Trinajstić information content (AvgIpc) is 2.33. The molecule has 1 aliphatic rings. The summed E-state index contributed by atoms with van der Waals surface area (Å²) in [5, 5.41) is 0. The smallest absolute Gasteiger partial charge is 0.237 e. The van der Waals surface area contributed by atoms with E-state index in [1.807, 2.05) is 13.8 Å². The summed E-state index contributed by atoms with van der Waals surface area (Å²) < 4.78 is 24.9. The summed E-state index contributed by atoms with van der Waals surface area (Å²) in [4.78, 5) is 14.0. The average molecular weight is 304 g/mol. The maximum atomic E-state index is 12.2. The van der Waals surface area contributed by atoms with Gasteiger partial charge in [-0.3, -0.25) is 4.79 Å². The Kier molecular flexibility index (Phi) is 6.45. The van der Waals surface area contributed by atoms with Gasteiger partial charge in [0.2, 0.25) is 15.9 Å². The highest BCUT2D eigenvalue weighted by molar-refractivity contribution is 7.88. The van der Waals surface area contributed by atoms with Crippen LogP contribution in [0.3, 0.4) is 0 Å². The van der Waals surface area contributed by atoms with E-state index in [0.29, 0.717) is 18.4 Å². The van der Waals surface area contributed by atoms with Gasteiger partial charge in [0.1, 0.15) is 0 Å². The fraction of sp³-hybridized carbons (Fsp3) is 0.929. The third-order valence-electron chi connectivity index (χ3n) is 3.87. The molecule has 1 amide bonds. The number of nitrogens with zero attached hydrogens (tertiary/aromatic N) is 2. The first kappa shape index (κ1) is 17.4. The van der Waals surface area contributed by atoms with E-state index in [-0.39, 0.29) is 12.5 Å². The summed E-state index contributed by atoms with van der Waals surface area (Å²) in [6.07, 6.45) is 3.98. The molecule has 0 radical (unpaired) electrons. The highest BCUT2D eigenvalue weighted by Gasteiger charge is 2.25. The zero-order chi connectivity index (χ0) is 15.3. The molecule has 0 saturated carbocycles. The first-order valence-corrected chi connectivity index (χ1v) is 9.28. The Labute approximate surface area is 123 Å². The largest absolute Gasteiger partial charge is 0.342 e. The van der Waals surface area contributed by atoms with Gasteiger partial charge < -0.3 is 4.90 Å². The number of hydrogen-bond donors (Lipinski definition) is 0. The van der Waals surface area contributed by atoms with Crippen LogP contribution < -0.4 is 0 Å². The second-order valence-corrected chi connectivity index (χ2v) is 8.32. The Balaban J connectivity index is 2.58. The number of hydrogen-bond acceptors (Lipinski definition) is 3. The molecule has 1 heterocycles. The Morgan fingerprint density at radius 3 is 2.30 bits per heavy atom. The minimum absolute atomic E-state index is 0.0140. The van der Waals surface area contributed by atoms with Gasteiger partial charge in [-0.05, 0) is 31.1 Å². The van der Waals surface area contributed by atoms with Gasteiger partial charge in [0.15, 0.2) is 0 Å². The van der Waals surface area contributed by atoms with Crippen molar-refractivity contribution < 1.29 is 13.2 Å². The molecule has 1 rings (SSSR count). The highest BCUT2D eigenvalue weighted by Crippen LogP contribution is 2.16. The molecule has 0 N–H and O–H groups in total. The van der Waals surface area contributed by atoms with Crippen molar-refractivity contribution in [3.8, 4) is 0 Å². The SMILES string of the molecule is CC(C)CCN(CC(=O)N1CCC(C)CC1)S(C)(=O)=O. The van der Waals surface area contributed by atoms with E-state index in [2.05, 4.69) is 6.92 Å². The van der Waals surface area contributed by atoms with Crippen molar-refractivity contribution in [1.29, 1.82) is 0 Å². The third kappa shape index (κ3) is 5.79. The molecule has 0 unspecified atom stereocenters. The van der Waals surface area contributed by atoms with Crippen LogP contribution in [0.5, 0.6) is 0 Å². The molecular formula is C14H28N2O3S. The maximum absolute atomic E-state index is 12.2. The van der Waals surface area contributed by atoms with Crippen LogP contribution in [0.1, 0.15) is 40.0 Å². The van der Waals surface area contributed by atoms with Crippen molar-refractivity contribution in [3.05, 3.63) is 0 Å². The summed E-state index contributed by atoms with van der Waals surface area (Å²) in [6.45, 7) is 8.20. The van der Waals surface area contributed by atoms with Crippen molar-refractivity contribution in [2.75, 3.05) is 32.4 Å². The minimum Gasteiger partial charge on any atom is -0.342 e. The van der Waals surface area contributed by atoms with Crippen LogP contribution in [-0.2, 0) is 14.8 Å². The number of rotatable bonds is 6. The molecule has 0 aromatic heterocycles. The highest BCUT2D eigenvalue weighted by atomic mass is 32.2. The second kappa shape index (κ2) is 7.41. The molecule has 1 saturated heterocycles. The van der Waals surface area contributed by atoms with Crippen LogP contribution in [0.15, 0.2) is 0 Å². The second-order valence-electron chi connectivity index (χ2n) is 6.34. The normalized spacial score (nSPS) is 18.0. The molecule has 118 valence electrons. The molecule has 0 aromatic rings. The Morgan fingerprint density at radius 2 is 1.85 bits per heavy atom. The molecule has 1 aliphatic heterocycles. The Morgan fingerprint density at radius 1 is 1.30 bits per heavy atom. The summed E-state index contributed by atoms with van der Waals surface area (Å²) >= 11 is 0. The van der Waals surface area contributed by atoms with Gasteiger partial charge in [-0.1, -0.05) is 20.8 Å². The summed E-state index contributed by atoms with van der Waals surface area (Å²) in [6, 6.07) is 0. The van der Waals surface area contributed by atoms with Gasteiger partial charge in [0.25, 0.3) is 0 Å². The van der Waals surface area contributed by atoms with Crippen molar-refractivity contribution in [2.24, 2.45) is 11.8 Å². The lowest BCUT2D eigenvalue weighted by atomic mass is 9.99. The molecule has 0 atom stereocenters. The third-order valence-corrected chi connectivity index (χ3v) is 5.12. The fourth-order valence-corrected chi connectivity index (χ4v) is 3.06. The van der Waals surface area contributed by atoms with E-state index in [0.717, 1.165) is 32.4 Å². The van der Waals surface area contributed by atoms with Crippen molar-refractivity contribution in [3.63, 3.8) is 0 Å². The van der Waals surface area contributed by atoms with Gasteiger partial charge in [-0.2, -0.15) is 4.31 Å².